The van der Waals surface area contributed by atoms with Gasteiger partial charge in [0.1, 0.15) is 5.73 Å². The van der Waals surface area contributed by atoms with Gasteiger partial charge in [-0.2, -0.15) is 0 Å². The number of epoxide rings is 1. The molecule has 1 aliphatic heterocycles. The molecule has 0 amide bonds. The predicted molar refractivity (Wildman–Crippen MR) is 38.4 cm³/mol. The first kappa shape index (κ1) is 8.16. The van der Waals surface area contributed by atoms with E-state index in [1.807, 2.05) is 0 Å². The molecular weight excluding hydrogens is 150 g/mol. The molecular formula is C5H13NO3Si. The molecule has 5 heteroatoms. The van der Waals surface area contributed by atoms with Gasteiger partial charge in [-0.15, -0.1) is 0 Å². The van der Waals surface area contributed by atoms with Crippen molar-refractivity contribution in [3.63, 3.8) is 0 Å². The Balaban J connectivity index is 2.20. The second-order valence-electron chi connectivity index (χ2n) is 2.59. The molecule has 0 saturated carbocycles. The topological polar surface area (TPSA) is 79.0 Å². The molecule has 1 saturated heterocycles. The Kier molecular flexibility index (Phi) is 2.43. The van der Waals surface area contributed by atoms with Crippen molar-refractivity contribution in [2.45, 2.75) is 18.2 Å². The van der Waals surface area contributed by atoms with E-state index in [-0.39, 0.29) is 5.73 Å². The van der Waals surface area contributed by atoms with Crippen molar-refractivity contribution in [1.82, 2.24) is 0 Å². The Bertz CT molecular complexity index is 115. The van der Waals surface area contributed by atoms with E-state index < -0.39 is 8.56 Å². The smallest absolute Gasteiger partial charge is 0.365 e. The van der Waals surface area contributed by atoms with Gasteiger partial charge in [0.25, 0.3) is 0 Å². The fraction of sp³-hybridized carbons (Fsp3) is 1.00. The van der Waals surface area contributed by atoms with Gasteiger partial charge in [-0.05, 0) is 19.0 Å². The zero-order chi connectivity index (χ0) is 7.61. The molecule has 1 atom stereocenters. The minimum atomic E-state index is -2.99. The lowest BCUT2D eigenvalue weighted by Crippen LogP contribution is -2.42. The van der Waals surface area contributed by atoms with Crippen LogP contribution in [0.2, 0.25) is 6.04 Å². The number of ether oxygens (including phenoxy) is 1. The predicted octanol–water partition coefficient (Wildman–Crippen LogP) is -1.30. The average molecular weight is 163 g/mol. The fourth-order valence-corrected chi connectivity index (χ4v) is 2.51. The Morgan fingerprint density at radius 1 is 1.60 bits per heavy atom. The summed E-state index contributed by atoms with van der Waals surface area (Å²) >= 11 is 0. The van der Waals surface area contributed by atoms with Crippen LogP contribution in [-0.4, -0.2) is 37.0 Å². The SMILES string of the molecule is NCCC[Si](O)(O)C1CO1. The van der Waals surface area contributed by atoms with Gasteiger partial charge in [0.2, 0.25) is 0 Å². The summed E-state index contributed by atoms with van der Waals surface area (Å²) in [5, 5.41) is 0. The van der Waals surface area contributed by atoms with Crippen LogP contribution in [0.5, 0.6) is 0 Å². The summed E-state index contributed by atoms with van der Waals surface area (Å²) < 4.78 is 4.79. The number of rotatable bonds is 4. The van der Waals surface area contributed by atoms with Crippen molar-refractivity contribution < 1.29 is 14.3 Å². The second-order valence-corrected chi connectivity index (χ2v) is 5.49. The highest BCUT2D eigenvalue weighted by molar-refractivity contribution is 6.66. The first-order valence-electron chi connectivity index (χ1n) is 3.43. The maximum Gasteiger partial charge on any atom is 0.365 e. The van der Waals surface area contributed by atoms with E-state index >= 15 is 0 Å². The van der Waals surface area contributed by atoms with Crippen LogP contribution in [0, 0.1) is 0 Å². The van der Waals surface area contributed by atoms with Crippen molar-refractivity contribution in [2.24, 2.45) is 5.73 Å². The second kappa shape index (κ2) is 2.98. The summed E-state index contributed by atoms with van der Waals surface area (Å²) in [6.07, 6.45) is 0.680. The van der Waals surface area contributed by atoms with Crippen LogP contribution in [-0.2, 0) is 4.74 Å². The molecule has 0 bridgehead atoms. The molecule has 1 aliphatic rings. The van der Waals surface area contributed by atoms with Crippen LogP contribution in [0.3, 0.4) is 0 Å². The number of hydrogen-bond donors (Lipinski definition) is 3. The van der Waals surface area contributed by atoms with E-state index in [0.29, 0.717) is 25.6 Å². The third-order valence-electron chi connectivity index (χ3n) is 1.60. The van der Waals surface area contributed by atoms with E-state index in [2.05, 4.69) is 0 Å². The summed E-state index contributed by atoms with van der Waals surface area (Å²) in [5.74, 6) is 0. The Morgan fingerprint density at radius 3 is 2.60 bits per heavy atom. The zero-order valence-corrected chi connectivity index (χ0v) is 6.79. The summed E-state index contributed by atoms with van der Waals surface area (Å²) in [5.41, 5.74) is 4.98. The van der Waals surface area contributed by atoms with Crippen LogP contribution in [0.15, 0.2) is 0 Å². The number of nitrogens with two attached hydrogens (primary N) is 1. The van der Waals surface area contributed by atoms with Crippen LogP contribution in [0.4, 0.5) is 0 Å². The van der Waals surface area contributed by atoms with Crippen LogP contribution < -0.4 is 5.73 Å². The molecule has 0 aromatic carbocycles. The minimum absolute atomic E-state index is 0.237. The van der Waals surface area contributed by atoms with Crippen LogP contribution >= 0.6 is 0 Å². The minimum Gasteiger partial charge on any atom is -0.409 e. The first-order chi connectivity index (χ1) is 4.67. The number of hydrogen-bond acceptors (Lipinski definition) is 4. The molecule has 1 fully saturated rings. The van der Waals surface area contributed by atoms with Crippen molar-refractivity contribution in [3.05, 3.63) is 0 Å². The molecule has 0 spiro atoms. The van der Waals surface area contributed by atoms with Crippen molar-refractivity contribution in [1.29, 1.82) is 0 Å². The maximum atomic E-state index is 9.30. The molecule has 0 radical (unpaired) electrons. The molecule has 0 aromatic heterocycles. The van der Waals surface area contributed by atoms with Gasteiger partial charge in [0.15, 0.2) is 0 Å². The third kappa shape index (κ3) is 2.03. The summed E-state index contributed by atoms with van der Waals surface area (Å²) in [6, 6.07) is 0.439. The third-order valence-corrected chi connectivity index (χ3v) is 4.05. The standard InChI is InChI=1S/C5H13NO3Si/c6-2-1-3-10(7,8)5-4-9-5/h5,7-8H,1-4,6H2. The highest BCUT2D eigenvalue weighted by atomic mass is 28.4. The highest BCUT2D eigenvalue weighted by Crippen LogP contribution is 2.22. The molecule has 1 heterocycles. The van der Waals surface area contributed by atoms with Gasteiger partial charge >= 0.3 is 8.56 Å². The molecule has 0 aromatic rings. The van der Waals surface area contributed by atoms with Crippen LogP contribution in [0.1, 0.15) is 6.42 Å². The van der Waals surface area contributed by atoms with Crippen LogP contribution in [0.25, 0.3) is 0 Å². The van der Waals surface area contributed by atoms with Gasteiger partial charge in [0.05, 0.1) is 6.61 Å². The Morgan fingerprint density at radius 2 is 2.20 bits per heavy atom. The lowest BCUT2D eigenvalue weighted by Gasteiger charge is -2.13. The normalized spacial score (nSPS) is 24.9. The summed E-state index contributed by atoms with van der Waals surface area (Å²) in [4.78, 5) is 18.6. The largest absolute Gasteiger partial charge is 0.409 e. The van der Waals surface area contributed by atoms with Crippen molar-refractivity contribution in [3.8, 4) is 0 Å². The highest BCUT2D eigenvalue weighted by Gasteiger charge is 2.47. The van der Waals surface area contributed by atoms with Crippen molar-refractivity contribution >= 4 is 8.56 Å². The summed E-state index contributed by atoms with van der Waals surface area (Å²) in [7, 11) is -2.99. The molecule has 1 unspecified atom stereocenters. The molecule has 4 N–H and O–H groups in total. The van der Waals surface area contributed by atoms with E-state index in [1.54, 1.807) is 0 Å². The summed E-state index contributed by atoms with van der Waals surface area (Å²) in [6.45, 7) is 1.03. The lowest BCUT2D eigenvalue weighted by molar-refractivity contribution is 0.315. The van der Waals surface area contributed by atoms with Gasteiger partial charge in [0, 0.05) is 0 Å². The Labute approximate surface area is 60.9 Å². The zero-order valence-electron chi connectivity index (χ0n) is 5.79. The van der Waals surface area contributed by atoms with E-state index in [1.165, 1.54) is 0 Å². The molecule has 0 aliphatic carbocycles. The van der Waals surface area contributed by atoms with Gasteiger partial charge in [-0.1, -0.05) is 0 Å². The molecule has 60 valence electrons. The van der Waals surface area contributed by atoms with Crippen molar-refractivity contribution in [2.75, 3.05) is 13.2 Å². The molecule has 10 heavy (non-hydrogen) atoms. The van der Waals surface area contributed by atoms with Gasteiger partial charge in [-0.25, -0.2) is 0 Å². The molecule has 4 nitrogen and oxygen atoms in total. The molecule has 1 rings (SSSR count). The fourth-order valence-electron chi connectivity index (χ4n) is 0.838. The Hall–Kier alpha value is 0.0569. The monoisotopic (exact) mass is 163 g/mol. The average Bonchev–Trinajstić information content (AvgIpc) is 2.64. The van der Waals surface area contributed by atoms with E-state index in [4.69, 9.17) is 10.5 Å². The van der Waals surface area contributed by atoms with E-state index in [0.717, 1.165) is 0 Å². The lowest BCUT2D eigenvalue weighted by atomic mass is 10.5. The van der Waals surface area contributed by atoms with Gasteiger partial charge < -0.3 is 20.1 Å². The van der Waals surface area contributed by atoms with E-state index in [9.17, 15) is 9.59 Å². The first-order valence-corrected chi connectivity index (χ1v) is 5.61. The maximum absolute atomic E-state index is 9.30. The van der Waals surface area contributed by atoms with Gasteiger partial charge in [-0.3, -0.25) is 0 Å². The quantitative estimate of drug-likeness (QED) is 0.355.